The molecular weight excluding hydrogens is 119 g/mol. The number of rotatable bonds is 1. The van der Waals surface area contributed by atoms with Gasteiger partial charge in [0.25, 0.3) is 0 Å². The average molecular weight is 127 g/mol. The molecule has 0 bridgehead atoms. The van der Waals surface area contributed by atoms with Crippen molar-refractivity contribution < 1.29 is 9.63 Å². The van der Waals surface area contributed by atoms with Crippen LogP contribution in [-0.2, 0) is 4.84 Å². The van der Waals surface area contributed by atoms with Crippen LogP contribution >= 0.6 is 12.4 Å². The van der Waals surface area contributed by atoms with Gasteiger partial charge in [-0.15, -0.1) is 12.4 Å². The third kappa shape index (κ3) is 10.8. The van der Waals surface area contributed by atoms with E-state index in [0.29, 0.717) is 0 Å². The summed E-state index contributed by atoms with van der Waals surface area (Å²) >= 11 is 0. The molecule has 0 aromatic carbocycles. The van der Waals surface area contributed by atoms with Crippen LogP contribution in [0.5, 0.6) is 0 Å². The van der Waals surface area contributed by atoms with Gasteiger partial charge in [0, 0.05) is 0 Å². The topological polar surface area (TPSA) is 64.3 Å². The van der Waals surface area contributed by atoms with Gasteiger partial charge in [-0.3, -0.25) is 4.84 Å². The lowest BCUT2D eigenvalue weighted by atomic mass is 11.2. The summed E-state index contributed by atoms with van der Waals surface area (Å²) in [6, 6.07) is -0.683. The summed E-state index contributed by atoms with van der Waals surface area (Å²) in [5, 5.41) is 0. The summed E-state index contributed by atoms with van der Waals surface area (Å²) in [4.78, 5) is 13.7. The number of urea groups is 1. The Morgan fingerprint density at radius 2 is 2.29 bits per heavy atom. The molecule has 3 N–H and O–H groups in total. The number of hydroxylamine groups is 1. The van der Waals surface area contributed by atoms with Crippen molar-refractivity contribution >= 4 is 18.4 Å². The molecule has 0 saturated carbocycles. The van der Waals surface area contributed by atoms with E-state index in [9.17, 15) is 4.79 Å². The van der Waals surface area contributed by atoms with Crippen molar-refractivity contribution in [3.8, 4) is 0 Å². The van der Waals surface area contributed by atoms with Gasteiger partial charge in [-0.1, -0.05) is 0 Å². The summed E-state index contributed by atoms with van der Waals surface area (Å²) in [6.45, 7) is 0. The molecule has 0 saturated heterocycles. The van der Waals surface area contributed by atoms with Crippen LogP contribution in [0.1, 0.15) is 0 Å². The number of nitrogens with one attached hydrogen (secondary N) is 1. The van der Waals surface area contributed by atoms with Gasteiger partial charge in [0.05, 0.1) is 7.11 Å². The van der Waals surface area contributed by atoms with Crippen LogP contribution in [0.15, 0.2) is 0 Å². The summed E-state index contributed by atoms with van der Waals surface area (Å²) in [6.07, 6.45) is 0. The smallest absolute Gasteiger partial charge is 0.336 e. The van der Waals surface area contributed by atoms with Gasteiger partial charge in [0.15, 0.2) is 0 Å². The number of amides is 2. The maximum Gasteiger partial charge on any atom is 0.336 e. The lowest BCUT2D eigenvalue weighted by Gasteiger charge is -1.90. The molecular formula is C2H7ClN2O2. The Morgan fingerprint density at radius 3 is 2.29 bits per heavy atom. The van der Waals surface area contributed by atoms with Gasteiger partial charge in [0.1, 0.15) is 0 Å². The number of hydrogen-bond acceptors (Lipinski definition) is 2. The number of primary amides is 1. The van der Waals surface area contributed by atoms with Crippen LogP contribution in [0.2, 0.25) is 0 Å². The summed E-state index contributed by atoms with van der Waals surface area (Å²) < 4.78 is 0. The highest BCUT2D eigenvalue weighted by molar-refractivity contribution is 5.85. The standard InChI is InChI=1S/C2H6N2O2.ClH/c1-6-4-2(3)5;/h1H3,(H3,3,4,5);1H. The lowest BCUT2D eigenvalue weighted by molar-refractivity contribution is 0.112. The lowest BCUT2D eigenvalue weighted by Crippen LogP contribution is -2.27. The number of carbonyl (C=O) groups is 1. The molecule has 2 amide bonds. The van der Waals surface area contributed by atoms with Gasteiger partial charge >= 0.3 is 6.03 Å². The largest absolute Gasteiger partial charge is 0.350 e. The molecule has 0 aliphatic heterocycles. The quantitative estimate of drug-likeness (QED) is 0.471. The van der Waals surface area contributed by atoms with Crippen LogP contribution in [0.3, 0.4) is 0 Å². The van der Waals surface area contributed by atoms with Crippen LogP contribution < -0.4 is 11.2 Å². The summed E-state index contributed by atoms with van der Waals surface area (Å²) in [5.41, 5.74) is 6.38. The van der Waals surface area contributed by atoms with E-state index in [1.165, 1.54) is 7.11 Å². The molecule has 0 atom stereocenters. The Balaban J connectivity index is 0. The maximum absolute atomic E-state index is 9.59. The van der Waals surface area contributed by atoms with Crippen molar-refractivity contribution in [3.63, 3.8) is 0 Å². The van der Waals surface area contributed by atoms with Gasteiger partial charge in [-0.05, 0) is 0 Å². The molecule has 0 aliphatic rings. The zero-order valence-corrected chi connectivity index (χ0v) is 4.62. The normalized spacial score (nSPS) is 6.43. The van der Waals surface area contributed by atoms with Gasteiger partial charge in [0.2, 0.25) is 0 Å². The minimum atomic E-state index is -0.683. The van der Waals surface area contributed by atoms with Gasteiger partial charge in [-0.2, -0.15) is 0 Å². The van der Waals surface area contributed by atoms with Crippen LogP contribution in [0, 0.1) is 0 Å². The molecule has 44 valence electrons. The first-order valence-corrected chi connectivity index (χ1v) is 1.36. The second-order valence-electron chi connectivity index (χ2n) is 0.670. The first-order chi connectivity index (χ1) is 2.77. The van der Waals surface area contributed by atoms with Gasteiger partial charge < -0.3 is 5.73 Å². The van der Waals surface area contributed by atoms with Crippen LogP contribution in [0.4, 0.5) is 4.79 Å². The molecule has 4 nitrogen and oxygen atoms in total. The third-order valence-corrected chi connectivity index (χ3v) is 0.203. The van der Waals surface area contributed by atoms with Crippen molar-refractivity contribution in [1.29, 1.82) is 0 Å². The second kappa shape index (κ2) is 5.52. The Morgan fingerprint density at radius 1 is 1.86 bits per heavy atom. The molecule has 0 radical (unpaired) electrons. The highest BCUT2D eigenvalue weighted by Crippen LogP contribution is 1.49. The average Bonchev–Trinajstić information content (AvgIpc) is 1.35. The first-order valence-electron chi connectivity index (χ1n) is 1.36. The Hall–Kier alpha value is -0.480. The third-order valence-electron chi connectivity index (χ3n) is 0.203. The number of nitrogens with two attached hydrogens (primary N) is 1. The molecule has 0 aromatic heterocycles. The molecule has 0 unspecified atom stereocenters. The van der Waals surface area contributed by atoms with E-state index in [1.807, 2.05) is 5.48 Å². The van der Waals surface area contributed by atoms with Crippen molar-refractivity contribution in [2.24, 2.45) is 5.73 Å². The first kappa shape index (κ1) is 9.72. The summed E-state index contributed by atoms with van der Waals surface area (Å²) in [5.74, 6) is 0. The van der Waals surface area contributed by atoms with E-state index < -0.39 is 6.03 Å². The number of carbonyl (C=O) groups excluding carboxylic acids is 1. The second-order valence-corrected chi connectivity index (χ2v) is 0.670. The molecule has 0 spiro atoms. The predicted molar refractivity (Wildman–Crippen MR) is 27.0 cm³/mol. The van der Waals surface area contributed by atoms with E-state index in [4.69, 9.17) is 0 Å². The molecule has 7 heavy (non-hydrogen) atoms. The van der Waals surface area contributed by atoms with E-state index in [-0.39, 0.29) is 12.4 Å². The Kier molecular flexibility index (Phi) is 7.67. The van der Waals surface area contributed by atoms with Crippen LogP contribution in [-0.4, -0.2) is 13.1 Å². The zero-order valence-electron chi connectivity index (χ0n) is 3.80. The Bertz CT molecular complexity index is 57.7. The molecule has 0 aliphatic carbocycles. The summed E-state index contributed by atoms with van der Waals surface area (Å²) in [7, 11) is 1.31. The number of halogens is 1. The molecule has 0 rings (SSSR count). The fraction of sp³-hybridized carbons (Fsp3) is 0.500. The van der Waals surface area contributed by atoms with Crippen LogP contribution in [0.25, 0.3) is 0 Å². The van der Waals surface area contributed by atoms with E-state index in [0.717, 1.165) is 0 Å². The fourth-order valence-electron chi connectivity index (χ4n) is 0.101. The Labute approximate surface area is 47.4 Å². The molecule has 0 heterocycles. The van der Waals surface area contributed by atoms with E-state index in [2.05, 4.69) is 10.6 Å². The van der Waals surface area contributed by atoms with E-state index >= 15 is 0 Å². The minimum absolute atomic E-state index is 0. The monoisotopic (exact) mass is 126 g/mol. The molecule has 0 aromatic rings. The molecule has 0 fully saturated rings. The minimum Gasteiger partial charge on any atom is -0.350 e. The highest BCUT2D eigenvalue weighted by Gasteiger charge is 1.80. The van der Waals surface area contributed by atoms with Crippen molar-refractivity contribution in [2.75, 3.05) is 7.11 Å². The van der Waals surface area contributed by atoms with Crippen molar-refractivity contribution in [2.45, 2.75) is 0 Å². The van der Waals surface area contributed by atoms with Crippen molar-refractivity contribution in [1.82, 2.24) is 5.48 Å². The SMILES string of the molecule is CONC(N)=O.Cl. The van der Waals surface area contributed by atoms with Gasteiger partial charge in [-0.25, -0.2) is 10.3 Å². The predicted octanol–water partition coefficient (Wildman–Crippen LogP) is -0.362. The molecule has 5 heteroatoms. The maximum atomic E-state index is 9.59. The highest BCUT2D eigenvalue weighted by atomic mass is 35.5. The fourth-order valence-corrected chi connectivity index (χ4v) is 0.101. The zero-order chi connectivity index (χ0) is 4.99. The number of hydrogen-bond donors (Lipinski definition) is 2. The van der Waals surface area contributed by atoms with E-state index in [1.54, 1.807) is 0 Å². The van der Waals surface area contributed by atoms with Crippen molar-refractivity contribution in [3.05, 3.63) is 0 Å².